The van der Waals surface area contributed by atoms with Crippen LogP contribution >= 0.6 is 23.2 Å². The van der Waals surface area contributed by atoms with Crippen molar-refractivity contribution in [3.8, 4) is 0 Å². The van der Waals surface area contributed by atoms with Crippen LogP contribution in [0.15, 0.2) is 35.2 Å². The van der Waals surface area contributed by atoms with Gasteiger partial charge in [0, 0.05) is 11.7 Å². The van der Waals surface area contributed by atoms with Gasteiger partial charge in [0.1, 0.15) is 4.90 Å². The number of carbonyl (C=O) groups is 1. The van der Waals surface area contributed by atoms with Gasteiger partial charge in [-0.3, -0.25) is 4.79 Å². The maximum Gasteiger partial charge on any atom is 0.257 e. The van der Waals surface area contributed by atoms with E-state index in [1.54, 1.807) is 0 Å². The molecule has 28 heavy (non-hydrogen) atoms. The van der Waals surface area contributed by atoms with E-state index in [0.717, 1.165) is 36.8 Å². The molecule has 8 heteroatoms. The summed E-state index contributed by atoms with van der Waals surface area (Å²) in [4.78, 5) is 12.6. The minimum atomic E-state index is -3.86. The fourth-order valence-electron chi connectivity index (χ4n) is 3.30. The van der Waals surface area contributed by atoms with Crippen LogP contribution in [0.1, 0.15) is 47.2 Å². The first-order chi connectivity index (χ1) is 13.2. The lowest BCUT2D eigenvalue weighted by molar-refractivity contribution is 0.102. The Morgan fingerprint density at radius 2 is 1.71 bits per heavy atom. The third-order valence-electron chi connectivity index (χ3n) is 4.87. The Morgan fingerprint density at radius 1 is 1.04 bits per heavy atom. The smallest absolute Gasteiger partial charge is 0.257 e. The van der Waals surface area contributed by atoms with Gasteiger partial charge < -0.3 is 5.32 Å². The number of nitrogens with one attached hydrogen (secondary N) is 2. The molecule has 0 radical (unpaired) electrons. The summed E-state index contributed by atoms with van der Waals surface area (Å²) in [5, 5.41) is 2.87. The zero-order chi connectivity index (χ0) is 20.5. The van der Waals surface area contributed by atoms with Crippen LogP contribution in [0.3, 0.4) is 0 Å². The van der Waals surface area contributed by atoms with Crippen molar-refractivity contribution in [2.24, 2.45) is 0 Å². The summed E-state index contributed by atoms with van der Waals surface area (Å²) in [6, 6.07) is 8.11. The second kappa shape index (κ2) is 8.41. The highest BCUT2D eigenvalue weighted by atomic mass is 35.5. The lowest BCUT2D eigenvalue weighted by Gasteiger charge is -2.15. The van der Waals surface area contributed by atoms with E-state index in [4.69, 9.17) is 23.2 Å². The lowest BCUT2D eigenvalue weighted by Crippen LogP contribution is -2.33. The standard InChI is InChI=1S/C20H22Cl2N2O3S/c1-12-7-8-13(2)18(9-12)23-20(25)15-10-19(17(22)11-16(15)21)28(26,27)24-14-5-3-4-6-14/h7-11,14,24H,3-6H2,1-2H3,(H,23,25). The minimum Gasteiger partial charge on any atom is -0.322 e. The molecule has 0 saturated heterocycles. The maximum absolute atomic E-state index is 12.8. The first-order valence-corrected chi connectivity index (χ1v) is 11.3. The largest absolute Gasteiger partial charge is 0.322 e. The molecule has 2 aromatic carbocycles. The monoisotopic (exact) mass is 440 g/mol. The van der Waals surface area contributed by atoms with Crippen LogP contribution in [-0.4, -0.2) is 20.4 Å². The van der Waals surface area contributed by atoms with Crippen LogP contribution in [0.25, 0.3) is 0 Å². The molecule has 1 aliphatic carbocycles. The van der Waals surface area contributed by atoms with E-state index in [9.17, 15) is 13.2 Å². The molecule has 1 aliphatic rings. The van der Waals surface area contributed by atoms with Gasteiger partial charge in [-0.15, -0.1) is 0 Å². The van der Waals surface area contributed by atoms with Gasteiger partial charge in [0.15, 0.2) is 0 Å². The molecule has 0 aromatic heterocycles. The van der Waals surface area contributed by atoms with Gasteiger partial charge in [0.05, 0.1) is 15.6 Å². The summed E-state index contributed by atoms with van der Waals surface area (Å²) in [5.41, 5.74) is 2.58. The second-order valence-electron chi connectivity index (χ2n) is 7.14. The Bertz CT molecular complexity index is 1020. The van der Waals surface area contributed by atoms with Gasteiger partial charge in [-0.2, -0.15) is 0 Å². The lowest BCUT2D eigenvalue weighted by atomic mass is 10.1. The predicted molar refractivity (Wildman–Crippen MR) is 113 cm³/mol. The van der Waals surface area contributed by atoms with Crippen molar-refractivity contribution in [3.05, 3.63) is 57.1 Å². The first-order valence-electron chi connectivity index (χ1n) is 9.07. The summed E-state index contributed by atoms with van der Waals surface area (Å²) in [6.07, 6.45) is 3.57. The minimum absolute atomic E-state index is 0.0150. The Hall–Kier alpha value is -1.60. The van der Waals surface area contributed by atoms with E-state index < -0.39 is 15.9 Å². The van der Waals surface area contributed by atoms with E-state index in [2.05, 4.69) is 10.0 Å². The van der Waals surface area contributed by atoms with Gasteiger partial charge in [-0.25, -0.2) is 13.1 Å². The molecule has 0 atom stereocenters. The fourth-order valence-corrected chi connectivity index (χ4v) is 5.46. The van der Waals surface area contributed by atoms with Crippen molar-refractivity contribution in [2.45, 2.75) is 50.5 Å². The molecule has 3 rings (SSSR count). The zero-order valence-electron chi connectivity index (χ0n) is 15.7. The average molecular weight is 441 g/mol. The summed E-state index contributed by atoms with van der Waals surface area (Å²) < 4.78 is 28.2. The summed E-state index contributed by atoms with van der Waals surface area (Å²) in [6.45, 7) is 3.80. The van der Waals surface area contributed by atoms with Crippen molar-refractivity contribution >= 4 is 44.8 Å². The van der Waals surface area contributed by atoms with Crippen LogP contribution in [-0.2, 0) is 10.0 Å². The molecule has 150 valence electrons. The van der Waals surface area contributed by atoms with Crippen LogP contribution in [0, 0.1) is 13.8 Å². The summed E-state index contributed by atoms with van der Waals surface area (Å²) in [7, 11) is -3.86. The van der Waals surface area contributed by atoms with Crippen LogP contribution < -0.4 is 10.0 Å². The Balaban J connectivity index is 1.92. The normalized spacial score (nSPS) is 15.0. The van der Waals surface area contributed by atoms with Crippen molar-refractivity contribution in [1.82, 2.24) is 4.72 Å². The van der Waals surface area contributed by atoms with Gasteiger partial charge >= 0.3 is 0 Å². The highest BCUT2D eigenvalue weighted by molar-refractivity contribution is 7.89. The molecule has 0 spiro atoms. The van der Waals surface area contributed by atoms with E-state index >= 15 is 0 Å². The SMILES string of the molecule is Cc1ccc(C)c(NC(=O)c2cc(S(=O)(=O)NC3CCCC3)c(Cl)cc2Cl)c1. The highest BCUT2D eigenvalue weighted by Crippen LogP contribution is 2.31. The first kappa shape index (κ1) is 21.1. The summed E-state index contributed by atoms with van der Waals surface area (Å²) in [5.74, 6) is -0.493. The Morgan fingerprint density at radius 3 is 2.39 bits per heavy atom. The van der Waals surface area contributed by atoms with Crippen molar-refractivity contribution < 1.29 is 13.2 Å². The Labute approximate surface area is 175 Å². The number of sulfonamides is 1. The number of benzene rings is 2. The third kappa shape index (κ3) is 4.69. The van der Waals surface area contributed by atoms with E-state index in [1.165, 1.54) is 12.1 Å². The maximum atomic E-state index is 12.8. The number of halogens is 2. The molecule has 1 fully saturated rings. The average Bonchev–Trinajstić information content (AvgIpc) is 3.10. The topological polar surface area (TPSA) is 75.3 Å². The second-order valence-corrected chi connectivity index (χ2v) is 9.63. The van der Waals surface area contributed by atoms with Gasteiger partial charge in [0.2, 0.25) is 10.0 Å². The molecule has 1 saturated carbocycles. The predicted octanol–water partition coefficient (Wildman–Crippen LogP) is 5.08. The molecule has 2 N–H and O–H groups in total. The number of hydrogen-bond donors (Lipinski definition) is 2. The quantitative estimate of drug-likeness (QED) is 0.679. The molecular weight excluding hydrogens is 419 g/mol. The number of hydrogen-bond acceptors (Lipinski definition) is 3. The van der Waals surface area contributed by atoms with Crippen LogP contribution in [0.4, 0.5) is 5.69 Å². The number of aryl methyl sites for hydroxylation is 2. The molecule has 1 amide bonds. The molecule has 5 nitrogen and oxygen atoms in total. The highest BCUT2D eigenvalue weighted by Gasteiger charge is 2.27. The van der Waals surface area contributed by atoms with Gasteiger partial charge in [0.25, 0.3) is 5.91 Å². The molecule has 0 aliphatic heterocycles. The van der Waals surface area contributed by atoms with Crippen LogP contribution in [0.2, 0.25) is 10.0 Å². The van der Waals surface area contributed by atoms with Crippen molar-refractivity contribution in [3.63, 3.8) is 0 Å². The third-order valence-corrected chi connectivity index (χ3v) is 7.17. The van der Waals surface area contributed by atoms with Crippen molar-refractivity contribution in [1.29, 1.82) is 0 Å². The number of carbonyl (C=O) groups excluding carboxylic acids is 1. The summed E-state index contributed by atoms with van der Waals surface area (Å²) >= 11 is 12.3. The number of amides is 1. The Kier molecular flexibility index (Phi) is 6.34. The molecular formula is C20H22Cl2N2O3S. The van der Waals surface area contributed by atoms with E-state index in [0.29, 0.717) is 5.69 Å². The zero-order valence-corrected chi connectivity index (χ0v) is 18.0. The fraction of sp³-hybridized carbons (Fsp3) is 0.350. The van der Waals surface area contributed by atoms with E-state index in [1.807, 2.05) is 32.0 Å². The van der Waals surface area contributed by atoms with Gasteiger partial charge in [-0.05, 0) is 56.0 Å². The van der Waals surface area contributed by atoms with E-state index in [-0.39, 0.29) is 26.5 Å². The molecule has 0 unspecified atom stereocenters. The number of rotatable bonds is 5. The van der Waals surface area contributed by atoms with Crippen LogP contribution in [0.5, 0.6) is 0 Å². The van der Waals surface area contributed by atoms with Crippen molar-refractivity contribution in [2.75, 3.05) is 5.32 Å². The molecule has 2 aromatic rings. The number of anilines is 1. The van der Waals surface area contributed by atoms with Gasteiger partial charge in [-0.1, -0.05) is 48.2 Å². The molecule has 0 heterocycles. The molecule has 0 bridgehead atoms.